The highest BCUT2D eigenvalue weighted by Gasteiger charge is 2.21. The number of halogens is 3. The van der Waals surface area contributed by atoms with Crippen LogP contribution in [0.4, 0.5) is 26.0 Å². The van der Waals surface area contributed by atoms with Gasteiger partial charge >= 0.3 is 0 Å². The number of benzene rings is 2. The number of alkyl halides is 3. The zero-order chi connectivity index (χ0) is 25.9. The molecule has 1 amide bonds. The van der Waals surface area contributed by atoms with E-state index in [0.717, 1.165) is 22.9 Å². The minimum atomic E-state index is -2.64. The lowest BCUT2D eigenvalue weighted by molar-refractivity contribution is -0.127. The molecule has 36 heavy (non-hydrogen) atoms. The molecule has 1 fully saturated rings. The largest absolute Gasteiger partial charge is 0.479 e. The van der Waals surface area contributed by atoms with Crippen LogP contribution in [0.25, 0.3) is 10.9 Å². The molecule has 1 aromatic heterocycles. The second kappa shape index (κ2) is 11.2. The van der Waals surface area contributed by atoms with Crippen LogP contribution >= 0.6 is 22.6 Å². The van der Waals surface area contributed by atoms with Crippen molar-refractivity contribution in [3.05, 3.63) is 47.8 Å². The fourth-order valence-electron chi connectivity index (χ4n) is 3.74. The van der Waals surface area contributed by atoms with E-state index in [1.807, 2.05) is 25.1 Å². The van der Waals surface area contributed by atoms with Crippen LogP contribution in [-0.2, 0) is 19.0 Å². The smallest absolute Gasteiger partial charge is 0.260 e. The van der Waals surface area contributed by atoms with Gasteiger partial charge in [-0.05, 0) is 55.7 Å². The zero-order valence-corrected chi connectivity index (χ0v) is 22.7. The Kier molecular flexibility index (Phi) is 8.23. The van der Waals surface area contributed by atoms with Gasteiger partial charge in [-0.25, -0.2) is 23.0 Å². The van der Waals surface area contributed by atoms with Crippen molar-refractivity contribution in [1.29, 1.82) is 0 Å². The molecule has 0 saturated carbocycles. The standard InChI is InChI=1S/C24H26F2IN5O3S/c1-14-8-17(32-36(34)6-3-7-36)10-19-22(14)23(30-13-29-19)31-18-5-4-16(11-27)9-20(18)35-15(2)24(33)28-12-21(25)26/h4-5,8-10,13,15,21H,3,6-7,11-12H2,1-2H3,(H,28,33)(H,29,30,31)/t15-/m1/s1. The van der Waals surface area contributed by atoms with Crippen LogP contribution in [0.3, 0.4) is 0 Å². The first-order valence-corrected chi connectivity index (χ1v) is 14.7. The third kappa shape index (κ3) is 6.20. The van der Waals surface area contributed by atoms with Crippen molar-refractivity contribution in [3.63, 3.8) is 0 Å². The number of aryl methyl sites for hydroxylation is 1. The fraction of sp³-hybridized carbons (Fsp3) is 0.375. The molecule has 1 aliphatic heterocycles. The first-order valence-electron chi connectivity index (χ1n) is 11.3. The lowest BCUT2D eigenvalue weighted by atomic mass is 10.1. The van der Waals surface area contributed by atoms with Crippen molar-refractivity contribution in [2.45, 2.75) is 37.2 Å². The van der Waals surface area contributed by atoms with E-state index in [9.17, 15) is 17.8 Å². The topological polar surface area (TPSA) is 106 Å². The van der Waals surface area contributed by atoms with E-state index in [0.29, 0.717) is 44.4 Å². The molecular weight excluding hydrogens is 603 g/mol. The van der Waals surface area contributed by atoms with Gasteiger partial charge in [-0.15, -0.1) is 0 Å². The Labute approximate surface area is 221 Å². The maximum Gasteiger partial charge on any atom is 0.260 e. The van der Waals surface area contributed by atoms with E-state index in [1.54, 1.807) is 12.1 Å². The van der Waals surface area contributed by atoms with E-state index >= 15 is 0 Å². The number of nitrogens with zero attached hydrogens (tertiary/aromatic N) is 3. The lowest BCUT2D eigenvalue weighted by Gasteiger charge is -2.20. The zero-order valence-electron chi connectivity index (χ0n) is 19.8. The average Bonchev–Trinajstić information content (AvgIpc) is 2.82. The van der Waals surface area contributed by atoms with E-state index in [-0.39, 0.29) is 0 Å². The van der Waals surface area contributed by atoms with Crippen LogP contribution in [0.1, 0.15) is 24.5 Å². The molecule has 2 N–H and O–H groups in total. The number of rotatable bonds is 9. The molecular formula is C24H26F2IN5O3S. The number of carbonyl (C=O) groups is 1. The number of carbonyl (C=O) groups excluding carboxylic acids is 1. The van der Waals surface area contributed by atoms with Gasteiger partial charge in [-0.3, -0.25) is 4.79 Å². The van der Waals surface area contributed by atoms with Gasteiger partial charge in [0.1, 0.15) is 17.9 Å². The van der Waals surface area contributed by atoms with Crippen LogP contribution in [0.15, 0.2) is 41.0 Å². The molecule has 0 bridgehead atoms. The Morgan fingerprint density at radius 1 is 1.25 bits per heavy atom. The van der Waals surface area contributed by atoms with E-state index in [1.165, 1.54) is 13.3 Å². The number of nitrogens with one attached hydrogen (secondary N) is 2. The summed E-state index contributed by atoms with van der Waals surface area (Å²) in [7, 11) is -2.15. The average molecular weight is 629 g/mol. The molecule has 12 heteroatoms. The molecule has 1 atom stereocenters. The number of ether oxygens (including phenoxy) is 1. The number of hydrogen-bond acceptors (Lipinski definition) is 7. The molecule has 1 aliphatic rings. The van der Waals surface area contributed by atoms with Crippen molar-refractivity contribution in [2.75, 3.05) is 23.4 Å². The number of fused-ring (bicyclic) bond motifs is 1. The lowest BCUT2D eigenvalue weighted by Crippen LogP contribution is -2.38. The molecule has 192 valence electrons. The molecule has 0 spiro atoms. The summed E-state index contributed by atoms with van der Waals surface area (Å²) in [5.41, 5.74) is 3.68. The maximum atomic E-state index is 12.6. The minimum Gasteiger partial charge on any atom is -0.479 e. The molecule has 3 aromatic rings. The summed E-state index contributed by atoms with van der Waals surface area (Å²) in [5.74, 6) is 1.52. The highest BCUT2D eigenvalue weighted by molar-refractivity contribution is 14.1. The normalized spacial score (nSPS) is 15.3. The number of anilines is 2. The van der Waals surface area contributed by atoms with Crippen LogP contribution in [0.5, 0.6) is 5.75 Å². The summed E-state index contributed by atoms with van der Waals surface area (Å²) in [6.45, 7) is 2.68. The number of aromatic nitrogens is 2. The van der Waals surface area contributed by atoms with Crippen LogP contribution in [0.2, 0.25) is 0 Å². The molecule has 4 rings (SSSR count). The van der Waals surface area contributed by atoms with Crippen molar-refractivity contribution >= 4 is 66.3 Å². The predicted octanol–water partition coefficient (Wildman–Crippen LogP) is 5.27. The molecule has 0 radical (unpaired) electrons. The second-order valence-electron chi connectivity index (χ2n) is 8.49. The van der Waals surface area contributed by atoms with Gasteiger partial charge in [0.15, 0.2) is 6.10 Å². The predicted molar refractivity (Wildman–Crippen MR) is 145 cm³/mol. The van der Waals surface area contributed by atoms with Crippen molar-refractivity contribution in [1.82, 2.24) is 15.3 Å². The Morgan fingerprint density at radius 2 is 2.03 bits per heavy atom. The monoisotopic (exact) mass is 629 g/mol. The van der Waals surface area contributed by atoms with Crippen molar-refractivity contribution < 1.29 is 22.5 Å². The molecule has 0 unspecified atom stereocenters. The molecule has 1 saturated heterocycles. The summed E-state index contributed by atoms with van der Waals surface area (Å²) < 4.78 is 48.6. The van der Waals surface area contributed by atoms with Crippen molar-refractivity contribution in [3.8, 4) is 5.75 Å². The Morgan fingerprint density at radius 3 is 2.69 bits per heavy atom. The maximum absolute atomic E-state index is 12.6. The molecule has 2 aromatic carbocycles. The first kappa shape index (κ1) is 26.5. The fourth-order valence-corrected chi connectivity index (χ4v) is 5.67. The Balaban J connectivity index is 1.65. The van der Waals surface area contributed by atoms with Gasteiger partial charge in [0.2, 0.25) is 0 Å². The second-order valence-corrected chi connectivity index (χ2v) is 11.8. The quantitative estimate of drug-likeness (QED) is 0.247. The summed E-state index contributed by atoms with van der Waals surface area (Å²) >= 11 is 2.22. The minimum absolute atomic E-state index is 0.391. The van der Waals surface area contributed by atoms with Crippen molar-refractivity contribution in [2.24, 2.45) is 4.36 Å². The van der Waals surface area contributed by atoms with Crippen LogP contribution in [0, 0.1) is 6.92 Å². The number of hydrogen-bond donors (Lipinski definition) is 2. The third-order valence-electron chi connectivity index (χ3n) is 5.68. The van der Waals surface area contributed by atoms with Gasteiger partial charge in [-0.1, -0.05) is 28.7 Å². The van der Waals surface area contributed by atoms with E-state index in [2.05, 4.69) is 47.6 Å². The van der Waals surface area contributed by atoms with Crippen LogP contribution in [-0.4, -0.2) is 50.7 Å². The summed E-state index contributed by atoms with van der Waals surface area (Å²) in [4.78, 5) is 21.0. The Bertz CT molecular complexity index is 1400. The molecule has 0 aliphatic carbocycles. The van der Waals surface area contributed by atoms with Gasteiger partial charge < -0.3 is 15.4 Å². The summed E-state index contributed by atoms with van der Waals surface area (Å²) in [6, 6.07) is 9.21. The highest BCUT2D eigenvalue weighted by atomic mass is 127. The van der Waals surface area contributed by atoms with Gasteiger partial charge in [0.25, 0.3) is 12.3 Å². The number of amides is 1. The van der Waals surface area contributed by atoms with E-state index in [4.69, 9.17) is 4.74 Å². The van der Waals surface area contributed by atoms with E-state index < -0.39 is 34.7 Å². The van der Waals surface area contributed by atoms with Gasteiger partial charge in [0.05, 0.1) is 33.2 Å². The van der Waals surface area contributed by atoms with Gasteiger partial charge in [0, 0.05) is 21.3 Å². The SMILES string of the molecule is Cc1cc(N=S2(=O)CCC2)cc2ncnc(Nc3ccc(CI)cc3O[C@H](C)C(=O)NCC(F)F)c12. The summed E-state index contributed by atoms with van der Waals surface area (Å²) in [6.07, 6.45) is -1.27. The first-order chi connectivity index (χ1) is 17.2. The Hall–Kier alpha value is -2.61. The molecule has 8 nitrogen and oxygen atoms in total. The highest BCUT2D eigenvalue weighted by Crippen LogP contribution is 2.35. The van der Waals surface area contributed by atoms with Gasteiger partial charge in [-0.2, -0.15) is 4.36 Å². The third-order valence-corrected chi connectivity index (χ3v) is 8.95. The molecule has 2 heterocycles. The summed E-state index contributed by atoms with van der Waals surface area (Å²) in [5, 5.41) is 6.22. The van der Waals surface area contributed by atoms with Crippen LogP contribution < -0.4 is 15.4 Å².